The van der Waals surface area contributed by atoms with Crippen molar-refractivity contribution in [3.8, 4) is 0 Å². The molecule has 0 spiro atoms. The molecule has 2 heterocycles. The molecular formula is C18H17F3N2O3. The summed E-state index contributed by atoms with van der Waals surface area (Å²) in [4.78, 5) is 18.3. The minimum absolute atomic E-state index is 0.0484. The van der Waals surface area contributed by atoms with E-state index in [1.807, 2.05) is 0 Å². The summed E-state index contributed by atoms with van der Waals surface area (Å²) >= 11 is 0. The average Bonchev–Trinajstić information content (AvgIpc) is 2.63. The Kier molecular flexibility index (Phi) is 4.97. The summed E-state index contributed by atoms with van der Waals surface area (Å²) in [5.41, 5.74) is 0.833. The van der Waals surface area contributed by atoms with Crippen molar-refractivity contribution in [3.63, 3.8) is 0 Å². The summed E-state index contributed by atoms with van der Waals surface area (Å²) in [6.45, 7) is 0.329. The fourth-order valence-corrected chi connectivity index (χ4v) is 3.05. The monoisotopic (exact) mass is 366 g/mol. The molecule has 1 aromatic heterocycles. The Morgan fingerprint density at radius 1 is 1.19 bits per heavy atom. The predicted molar refractivity (Wildman–Crippen MR) is 87.8 cm³/mol. The van der Waals surface area contributed by atoms with Crippen LogP contribution in [0.5, 0.6) is 0 Å². The molecule has 0 unspecified atom stereocenters. The van der Waals surface area contributed by atoms with Gasteiger partial charge in [-0.25, -0.2) is 0 Å². The molecule has 0 radical (unpaired) electrons. The molecule has 0 aliphatic carbocycles. The van der Waals surface area contributed by atoms with Crippen LogP contribution in [0.1, 0.15) is 33.3 Å². The lowest BCUT2D eigenvalue weighted by molar-refractivity contribution is -0.137. The predicted octanol–water partition coefficient (Wildman–Crippen LogP) is 3.59. The topological polar surface area (TPSA) is 51.7 Å². The van der Waals surface area contributed by atoms with Crippen molar-refractivity contribution in [1.29, 1.82) is 0 Å². The summed E-state index contributed by atoms with van der Waals surface area (Å²) in [7, 11) is 2.92. The van der Waals surface area contributed by atoms with Crippen molar-refractivity contribution >= 4 is 11.6 Å². The maximum Gasteiger partial charge on any atom is 0.416 e. The zero-order valence-electron chi connectivity index (χ0n) is 14.2. The van der Waals surface area contributed by atoms with E-state index in [9.17, 15) is 18.0 Å². The van der Waals surface area contributed by atoms with Crippen LogP contribution in [-0.4, -0.2) is 31.7 Å². The molecule has 0 N–H and O–H groups in total. The number of anilines is 1. The Hall–Kier alpha value is -2.45. The number of ether oxygens (including phenoxy) is 2. The number of rotatable bonds is 4. The van der Waals surface area contributed by atoms with Gasteiger partial charge in [-0.2, -0.15) is 13.2 Å². The molecule has 2 aromatic rings. The number of nitrogens with zero attached hydrogens (tertiary/aromatic N) is 2. The van der Waals surface area contributed by atoms with E-state index >= 15 is 0 Å². The highest BCUT2D eigenvalue weighted by molar-refractivity contribution is 6.08. The van der Waals surface area contributed by atoms with E-state index in [-0.39, 0.29) is 5.56 Å². The molecule has 1 aliphatic rings. The third-order valence-corrected chi connectivity index (χ3v) is 4.32. The normalized spacial score (nSPS) is 14.7. The number of alkyl halides is 3. The van der Waals surface area contributed by atoms with Crippen LogP contribution < -0.4 is 4.90 Å². The van der Waals surface area contributed by atoms with Crippen LogP contribution in [0, 0.1) is 0 Å². The number of methoxy groups -OCH3 is 2. The fraction of sp³-hybridized carbons (Fsp3) is 0.333. The molecule has 0 bridgehead atoms. The number of pyridine rings is 1. The minimum atomic E-state index is -4.51. The molecule has 5 nitrogen and oxygen atoms in total. The van der Waals surface area contributed by atoms with Gasteiger partial charge in [0.05, 0.1) is 17.4 Å². The molecule has 0 atom stereocenters. The minimum Gasteiger partial charge on any atom is -0.352 e. The second-order valence-electron chi connectivity index (χ2n) is 5.81. The van der Waals surface area contributed by atoms with Gasteiger partial charge < -0.3 is 14.4 Å². The number of hydrogen-bond donors (Lipinski definition) is 0. The molecule has 8 heteroatoms. The number of aromatic nitrogens is 1. The Bertz CT molecular complexity index is 820. The van der Waals surface area contributed by atoms with Gasteiger partial charge >= 0.3 is 6.18 Å². The van der Waals surface area contributed by atoms with E-state index in [1.165, 1.54) is 37.6 Å². The molecule has 0 fully saturated rings. The van der Waals surface area contributed by atoms with Crippen LogP contribution in [0.15, 0.2) is 36.7 Å². The van der Waals surface area contributed by atoms with Crippen LogP contribution in [0.3, 0.4) is 0 Å². The summed E-state index contributed by atoms with van der Waals surface area (Å²) in [5.74, 6) is -0.502. The standard InChI is InChI=1S/C18H17F3N2O3/c1-25-17(26-2)13-5-7-22-10-15(13)23-8-6-11-3-4-12(18(19,20)21)9-14(11)16(23)24/h3-5,7,9-10,17H,6,8H2,1-2H3. The van der Waals surface area contributed by atoms with Gasteiger partial charge in [0, 0.05) is 38.1 Å². The van der Waals surface area contributed by atoms with E-state index in [1.54, 1.807) is 6.07 Å². The van der Waals surface area contributed by atoms with Crippen molar-refractivity contribution in [2.45, 2.75) is 18.9 Å². The van der Waals surface area contributed by atoms with Crippen LogP contribution >= 0.6 is 0 Å². The van der Waals surface area contributed by atoms with E-state index in [0.717, 1.165) is 12.1 Å². The second-order valence-corrected chi connectivity index (χ2v) is 5.81. The van der Waals surface area contributed by atoms with Gasteiger partial charge in [-0.05, 0) is 30.2 Å². The highest BCUT2D eigenvalue weighted by Crippen LogP contribution is 2.35. The molecule has 1 amide bonds. The summed E-state index contributed by atoms with van der Waals surface area (Å²) in [6.07, 6.45) is -1.76. The maximum absolute atomic E-state index is 13.0. The van der Waals surface area contributed by atoms with Crippen LogP contribution in [0.4, 0.5) is 18.9 Å². The van der Waals surface area contributed by atoms with Crippen LogP contribution in [0.25, 0.3) is 0 Å². The first-order valence-electron chi connectivity index (χ1n) is 7.88. The SMILES string of the molecule is COC(OC)c1ccncc1N1CCc2ccc(C(F)(F)F)cc2C1=O. The second kappa shape index (κ2) is 7.05. The van der Waals surface area contributed by atoms with Crippen molar-refractivity contribution in [1.82, 2.24) is 4.98 Å². The van der Waals surface area contributed by atoms with Gasteiger partial charge in [0.15, 0.2) is 6.29 Å². The molecule has 26 heavy (non-hydrogen) atoms. The Labute approximate surface area is 148 Å². The zero-order valence-corrected chi connectivity index (χ0v) is 14.2. The third-order valence-electron chi connectivity index (χ3n) is 4.32. The van der Waals surface area contributed by atoms with Gasteiger partial charge in [0.25, 0.3) is 5.91 Å². The first-order valence-corrected chi connectivity index (χ1v) is 7.88. The van der Waals surface area contributed by atoms with E-state index in [0.29, 0.717) is 29.8 Å². The molecule has 138 valence electrons. The maximum atomic E-state index is 13.0. The Morgan fingerprint density at radius 3 is 2.58 bits per heavy atom. The fourth-order valence-electron chi connectivity index (χ4n) is 3.05. The van der Waals surface area contributed by atoms with Crippen LogP contribution in [0.2, 0.25) is 0 Å². The van der Waals surface area contributed by atoms with E-state index in [2.05, 4.69) is 4.98 Å². The van der Waals surface area contributed by atoms with E-state index in [4.69, 9.17) is 9.47 Å². The number of benzene rings is 1. The Balaban J connectivity index is 2.03. The van der Waals surface area contributed by atoms with Crippen molar-refractivity contribution in [2.24, 2.45) is 0 Å². The summed E-state index contributed by atoms with van der Waals surface area (Å²) in [5, 5.41) is 0. The number of halogens is 3. The first kappa shape index (κ1) is 18.3. The summed E-state index contributed by atoms with van der Waals surface area (Å²) < 4.78 is 49.5. The number of fused-ring (bicyclic) bond motifs is 1. The highest BCUT2D eigenvalue weighted by Gasteiger charge is 2.34. The van der Waals surface area contributed by atoms with Gasteiger partial charge in [-0.1, -0.05) is 6.07 Å². The van der Waals surface area contributed by atoms with Crippen molar-refractivity contribution in [3.05, 3.63) is 58.9 Å². The summed E-state index contributed by atoms with van der Waals surface area (Å²) in [6, 6.07) is 4.93. The Morgan fingerprint density at radius 2 is 1.92 bits per heavy atom. The van der Waals surface area contributed by atoms with Crippen LogP contribution in [-0.2, 0) is 22.1 Å². The zero-order chi connectivity index (χ0) is 18.9. The van der Waals surface area contributed by atoms with Crippen molar-refractivity contribution in [2.75, 3.05) is 25.7 Å². The first-order chi connectivity index (χ1) is 12.4. The highest BCUT2D eigenvalue weighted by atomic mass is 19.4. The lowest BCUT2D eigenvalue weighted by Crippen LogP contribution is -2.38. The smallest absolute Gasteiger partial charge is 0.352 e. The molecule has 0 saturated heterocycles. The van der Waals surface area contributed by atoms with Gasteiger partial charge in [0.1, 0.15) is 0 Å². The lowest BCUT2D eigenvalue weighted by atomic mass is 9.95. The number of hydrogen-bond acceptors (Lipinski definition) is 4. The largest absolute Gasteiger partial charge is 0.416 e. The molecular weight excluding hydrogens is 349 g/mol. The quantitative estimate of drug-likeness (QED) is 0.776. The number of carbonyl (C=O) groups excluding carboxylic acids is 1. The number of carbonyl (C=O) groups is 1. The van der Waals surface area contributed by atoms with Crippen molar-refractivity contribution < 1.29 is 27.4 Å². The molecule has 3 rings (SSSR count). The average molecular weight is 366 g/mol. The molecule has 1 aromatic carbocycles. The third kappa shape index (κ3) is 3.30. The van der Waals surface area contributed by atoms with Gasteiger partial charge in [-0.15, -0.1) is 0 Å². The molecule has 0 saturated carbocycles. The van der Waals surface area contributed by atoms with E-state index < -0.39 is 23.9 Å². The molecule has 1 aliphatic heterocycles. The van der Waals surface area contributed by atoms with Gasteiger partial charge in [-0.3, -0.25) is 9.78 Å². The number of amides is 1. The van der Waals surface area contributed by atoms with Gasteiger partial charge in [0.2, 0.25) is 0 Å². The lowest BCUT2D eigenvalue weighted by Gasteiger charge is -2.31.